The van der Waals surface area contributed by atoms with Crippen molar-refractivity contribution < 1.29 is 18.9 Å². The molecular weight excluding hydrogens is 687 g/mol. The van der Waals surface area contributed by atoms with Gasteiger partial charge in [-0.15, -0.1) is 0 Å². The van der Waals surface area contributed by atoms with Gasteiger partial charge < -0.3 is 23.8 Å². The number of benzene rings is 4. The molecule has 1 saturated heterocycles. The summed E-state index contributed by atoms with van der Waals surface area (Å²) in [5.41, 5.74) is 7.08. The summed E-state index contributed by atoms with van der Waals surface area (Å²) in [4.78, 5) is 3.29. The largest absolute Gasteiger partial charge is 0.497 e. The second-order valence-electron chi connectivity index (χ2n) is 16.0. The summed E-state index contributed by atoms with van der Waals surface area (Å²) in [5, 5.41) is 2.23. The molecule has 4 aliphatic rings. The van der Waals surface area contributed by atoms with Gasteiger partial charge in [0.1, 0.15) is 17.2 Å². The van der Waals surface area contributed by atoms with Gasteiger partial charge in [-0.05, 0) is 109 Å². The summed E-state index contributed by atoms with van der Waals surface area (Å²) in [6, 6.07) is 21.9. The summed E-state index contributed by atoms with van der Waals surface area (Å²) in [6.07, 6.45) is 18.2. The number of allylic oxidation sites excluding steroid dienone is 5. The first-order valence-corrected chi connectivity index (χ1v) is 20.5. The molecule has 6 heteroatoms. The molecule has 1 aliphatic carbocycles. The zero-order valence-electron chi connectivity index (χ0n) is 32.5. The minimum Gasteiger partial charge on any atom is -0.497 e. The fourth-order valence-electron chi connectivity index (χ4n) is 8.80. The Labute approximate surface area is 325 Å². The average Bonchev–Trinajstić information content (AvgIpc) is 3.51. The van der Waals surface area contributed by atoms with Gasteiger partial charge in [-0.2, -0.15) is 0 Å². The second kappa shape index (κ2) is 15.0. The van der Waals surface area contributed by atoms with Gasteiger partial charge in [-0.1, -0.05) is 101 Å². The van der Waals surface area contributed by atoms with Crippen molar-refractivity contribution in [3.8, 4) is 17.2 Å². The number of morpholine rings is 1. The van der Waals surface area contributed by atoms with Crippen LogP contribution in [-0.4, -0.2) is 38.3 Å². The Balaban J connectivity index is 1.34. The number of hydrogen-bond donors (Lipinski definition) is 0. The lowest BCUT2D eigenvalue weighted by Crippen LogP contribution is -2.37. The zero-order valence-corrected chi connectivity index (χ0v) is 33.3. The molecule has 0 saturated carbocycles. The van der Waals surface area contributed by atoms with Crippen molar-refractivity contribution in [2.24, 2.45) is 11.8 Å². The number of anilines is 1. The molecule has 54 heavy (non-hydrogen) atoms. The van der Waals surface area contributed by atoms with Crippen molar-refractivity contribution in [3.63, 3.8) is 0 Å². The van der Waals surface area contributed by atoms with Crippen molar-refractivity contribution in [1.29, 1.82) is 0 Å². The predicted molar refractivity (Wildman–Crippen MR) is 225 cm³/mol. The first-order chi connectivity index (χ1) is 26.2. The zero-order chi connectivity index (χ0) is 37.5. The van der Waals surface area contributed by atoms with E-state index in [1.165, 1.54) is 27.1 Å². The van der Waals surface area contributed by atoms with Crippen LogP contribution in [0.4, 0.5) is 5.69 Å². The minimum absolute atomic E-state index is 0.302. The van der Waals surface area contributed by atoms with E-state index >= 15 is 0 Å². The number of fused-ring (bicyclic) bond motifs is 7. The predicted octanol–water partition coefficient (Wildman–Crippen LogP) is 11.8. The van der Waals surface area contributed by atoms with Crippen LogP contribution in [0, 0.1) is 11.8 Å². The highest BCUT2D eigenvalue weighted by atomic mass is 32.2. The van der Waals surface area contributed by atoms with E-state index in [1.807, 2.05) is 23.9 Å². The van der Waals surface area contributed by atoms with Gasteiger partial charge in [-0.3, -0.25) is 0 Å². The molecule has 280 valence electrons. The average molecular weight is 740 g/mol. The fourth-order valence-corrected chi connectivity index (χ4v) is 10.5. The highest BCUT2D eigenvalue weighted by molar-refractivity contribution is 8.00. The molecule has 4 aromatic rings. The number of nitrogens with zero attached hydrogens (tertiary/aromatic N) is 1. The molecule has 0 aromatic heterocycles. The van der Waals surface area contributed by atoms with E-state index in [9.17, 15) is 0 Å². The standard InChI is InChI=1S/C48H53NO4S/c1-32(2)30-47(31-33(3)4)52-43-28-42-41(29-44(43)54-47)45-34(5)12-10-8-7-9-11-13-39(45)40-22-23-48(53-46(40)42,36-16-20-38(50-6)21-17-36)35-14-18-37(19-15-35)49-24-26-51-27-25-49/h7-8,10,12,14-23,28-29,32-33H,5,9,11,13,24-27,30-31H2,1-4,6H3/b8-7-,12-10-. The van der Waals surface area contributed by atoms with E-state index in [4.69, 9.17) is 18.9 Å². The van der Waals surface area contributed by atoms with E-state index < -0.39 is 5.60 Å². The Morgan fingerprint density at radius 1 is 0.852 bits per heavy atom. The molecule has 1 fully saturated rings. The van der Waals surface area contributed by atoms with Crippen LogP contribution in [-0.2, 0) is 16.8 Å². The van der Waals surface area contributed by atoms with Crippen LogP contribution in [0.25, 0.3) is 22.4 Å². The van der Waals surface area contributed by atoms with Gasteiger partial charge >= 0.3 is 0 Å². The van der Waals surface area contributed by atoms with E-state index in [-0.39, 0.29) is 4.93 Å². The fraction of sp³-hybridized carbons (Fsp3) is 0.375. The molecule has 8 rings (SSSR count). The molecule has 0 spiro atoms. The third kappa shape index (κ3) is 6.88. The Bertz CT molecular complexity index is 2110. The Kier molecular flexibility index (Phi) is 10.2. The monoisotopic (exact) mass is 739 g/mol. The highest BCUT2D eigenvalue weighted by Gasteiger charge is 2.43. The molecule has 0 radical (unpaired) electrons. The SMILES string of the molecule is C=C1/C=C\C=C/CCCc2c3c(c4cc5c(cc4c21)SC(CC(C)C)(CC(C)C)O5)OC(c1ccc(OC)cc1)(c1ccc(N2CCOCC2)cc1)C=C3. The molecule has 1 unspecified atom stereocenters. The molecule has 0 bridgehead atoms. The molecule has 0 N–H and O–H groups in total. The molecule has 5 nitrogen and oxygen atoms in total. The van der Waals surface area contributed by atoms with Gasteiger partial charge in [0, 0.05) is 40.9 Å². The van der Waals surface area contributed by atoms with Crippen LogP contribution in [0.2, 0.25) is 0 Å². The lowest BCUT2D eigenvalue weighted by atomic mass is 9.80. The van der Waals surface area contributed by atoms with Crippen LogP contribution in [0.5, 0.6) is 17.2 Å². The van der Waals surface area contributed by atoms with E-state index in [0.717, 1.165) is 103 Å². The minimum atomic E-state index is -0.882. The van der Waals surface area contributed by atoms with Crippen LogP contribution in [0.1, 0.15) is 81.2 Å². The van der Waals surface area contributed by atoms with Crippen LogP contribution >= 0.6 is 11.8 Å². The summed E-state index contributed by atoms with van der Waals surface area (Å²) in [5.74, 6) is 3.67. The molecule has 4 aromatic carbocycles. The molecular formula is C48H53NO4S. The Hall–Kier alpha value is -4.39. The summed E-state index contributed by atoms with van der Waals surface area (Å²) < 4.78 is 26.0. The number of ether oxygens (including phenoxy) is 4. The topological polar surface area (TPSA) is 40.2 Å². The lowest BCUT2D eigenvalue weighted by Gasteiger charge is -2.38. The number of hydrogen-bond acceptors (Lipinski definition) is 6. The van der Waals surface area contributed by atoms with Gasteiger partial charge in [0.25, 0.3) is 0 Å². The first kappa shape index (κ1) is 36.6. The lowest BCUT2D eigenvalue weighted by molar-refractivity contribution is 0.122. The number of thioether (sulfide) groups is 1. The van der Waals surface area contributed by atoms with E-state index in [0.29, 0.717) is 11.8 Å². The normalized spacial score (nSPS) is 21.6. The van der Waals surface area contributed by atoms with Gasteiger partial charge in [0.15, 0.2) is 10.5 Å². The molecule has 3 heterocycles. The Morgan fingerprint density at radius 3 is 2.24 bits per heavy atom. The number of rotatable bonds is 8. The van der Waals surface area contributed by atoms with Crippen molar-refractivity contribution >= 4 is 39.9 Å². The van der Waals surface area contributed by atoms with E-state index in [1.54, 1.807) is 7.11 Å². The molecule has 1 atom stereocenters. The molecule has 3 aliphatic heterocycles. The summed E-state index contributed by atoms with van der Waals surface area (Å²) >= 11 is 1.91. The van der Waals surface area contributed by atoms with Gasteiger partial charge in [-0.25, -0.2) is 0 Å². The van der Waals surface area contributed by atoms with Crippen molar-refractivity contribution in [1.82, 2.24) is 0 Å². The van der Waals surface area contributed by atoms with Gasteiger partial charge in [0.2, 0.25) is 0 Å². The van der Waals surface area contributed by atoms with Crippen LogP contribution in [0.3, 0.4) is 0 Å². The maximum atomic E-state index is 7.65. The van der Waals surface area contributed by atoms with Crippen molar-refractivity contribution in [2.45, 2.75) is 75.2 Å². The van der Waals surface area contributed by atoms with Crippen LogP contribution in [0.15, 0.2) is 103 Å². The van der Waals surface area contributed by atoms with Crippen molar-refractivity contribution in [2.75, 3.05) is 38.3 Å². The van der Waals surface area contributed by atoms with E-state index in [2.05, 4.69) is 124 Å². The maximum Gasteiger partial charge on any atom is 0.178 e. The third-order valence-electron chi connectivity index (χ3n) is 11.1. The van der Waals surface area contributed by atoms with Crippen molar-refractivity contribution in [3.05, 3.63) is 125 Å². The van der Waals surface area contributed by atoms with Crippen LogP contribution < -0.4 is 19.1 Å². The smallest absolute Gasteiger partial charge is 0.178 e. The quantitative estimate of drug-likeness (QED) is 0.179. The van der Waals surface area contributed by atoms with Gasteiger partial charge in [0.05, 0.1) is 25.2 Å². The first-order valence-electron chi connectivity index (χ1n) is 19.7. The Morgan fingerprint density at radius 2 is 1.56 bits per heavy atom. The summed E-state index contributed by atoms with van der Waals surface area (Å²) in [7, 11) is 1.71. The maximum absolute atomic E-state index is 7.65. The second-order valence-corrected chi connectivity index (χ2v) is 17.4. The highest BCUT2D eigenvalue weighted by Crippen LogP contribution is 2.57. The molecule has 0 amide bonds. The number of methoxy groups -OCH3 is 1. The third-order valence-corrected chi connectivity index (χ3v) is 12.4. The summed E-state index contributed by atoms with van der Waals surface area (Å²) in [6.45, 7) is 17.1.